The third-order valence-corrected chi connectivity index (χ3v) is 5.85. The number of carbonyl (C=O) groups excluding carboxylic acids is 1. The number of hydrogen-bond donors (Lipinski definition) is 2. The van der Waals surface area contributed by atoms with E-state index in [1.807, 2.05) is 0 Å². The first-order valence-electron chi connectivity index (χ1n) is 7.56. The second-order valence-electron chi connectivity index (χ2n) is 5.49. The molecular weight excluding hydrogens is 302 g/mol. The molecule has 0 saturated carbocycles. The lowest BCUT2D eigenvalue weighted by Gasteiger charge is -2.26. The molecule has 0 aromatic heterocycles. The molecule has 0 bridgehead atoms. The number of nitrogens with zero attached hydrogens (tertiary/aromatic N) is 1. The van der Waals surface area contributed by atoms with E-state index in [4.69, 9.17) is 5.73 Å². The molecule has 0 aliphatic carbocycles. The summed E-state index contributed by atoms with van der Waals surface area (Å²) in [4.78, 5) is 12.2. The van der Waals surface area contributed by atoms with Crippen molar-refractivity contribution in [1.82, 2.24) is 9.62 Å². The number of nitrogens with two attached hydrogens (primary N) is 1. The van der Waals surface area contributed by atoms with Gasteiger partial charge in [0.2, 0.25) is 10.0 Å². The summed E-state index contributed by atoms with van der Waals surface area (Å²) < 4.78 is 27.1. The topological polar surface area (TPSA) is 92.5 Å². The maximum Gasteiger partial charge on any atom is 0.251 e. The number of rotatable bonds is 5. The number of nitrogens with one attached hydrogen (secondary N) is 1. The summed E-state index contributed by atoms with van der Waals surface area (Å²) in [6.45, 7) is 3.55. The summed E-state index contributed by atoms with van der Waals surface area (Å²) in [5, 5.41) is 2.65. The van der Waals surface area contributed by atoms with Crippen LogP contribution in [0.1, 0.15) is 35.2 Å². The summed E-state index contributed by atoms with van der Waals surface area (Å²) in [5.74, 6) is -0.305. The van der Waals surface area contributed by atoms with Gasteiger partial charge in [0.15, 0.2) is 0 Å². The maximum absolute atomic E-state index is 12.8. The lowest BCUT2D eigenvalue weighted by molar-refractivity contribution is 0.0954. The van der Waals surface area contributed by atoms with Crippen LogP contribution in [0.25, 0.3) is 0 Å². The van der Waals surface area contributed by atoms with E-state index in [2.05, 4.69) is 5.32 Å². The highest BCUT2D eigenvalue weighted by Crippen LogP contribution is 2.24. The van der Waals surface area contributed by atoms with E-state index in [9.17, 15) is 13.2 Å². The minimum absolute atomic E-state index is 0.217. The SMILES string of the molecule is Cc1ccc(C(=O)NCCN)cc1S(=O)(=O)N1CCCCC1. The van der Waals surface area contributed by atoms with E-state index in [-0.39, 0.29) is 10.8 Å². The molecule has 3 N–H and O–H groups in total. The molecule has 1 amide bonds. The quantitative estimate of drug-likeness (QED) is 0.840. The molecule has 2 rings (SSSR count). The summed E-state index contributed by atoms with van der Waals surface area (Å²) in [6.07, 6.45) is 2.83. The Bertz CT molecular complexity index is 637. The fourth-order valence-corrected chi connectivity index (χ4v) is 4.32. The number of sulfonamides is 1. The van der Waals surface area contributed by atoms with Gasteiger partial charge < -0.3 is 11.1 Å². The van der Waals surface area contributed by atoms with Gasteiger partial charge in [-0.15, -0.1) is 0 Å². The Hall–Kier alpha value is -1.44. The largest absolute Gasteiger partial charge is 0.351 e. The predicted octanol–water partition coefficient (Wildman–Crippen LogP) is 0.858. The predicted molar refractivity (Wildman–Crippen MR) is 85.2 cm³/mol. The van der Waals surface area contributed by atoms with Crippen LogP contribution in [0, 0.1) is 6.92 Å². The van der Waals surface area contributed by atoms with E-state index in [0.717, 1.165) is 19.3 Å². The molecule has 1 aliphatic rings. The van der Waals surface area contributed by atoms with Crippen molar-refractivity contribution in [2.45, 2.75) is 31.1 Å². The summed E-state index contributed by atoms with van der Waals surface area (Å²) in [6, 6.07) is 4.77. The molecule has 1 heterocycles. The highest BCUT2D eigenvalue weighted by molar-refractivity contribution is 7.89. The highest BCUT2D eigenvalue weighted by atomic mass is 32.2. The van der Waals surface area contributed by atoms with E-state index < -0.39 is 10.0 Å². The zero-order chi connectivity index (χ0) is 16.2. The first-order valence-corrected chi connectivity index (χ1v) is 9.00. The van der Waals surface area contributed by atoms with E-state index in [0.29, 0.717) is 37.3 Å². The van der Waals surface area contributed by atoms with Crippen LogP contribution in [0.2, 0.25) is 0 Å². The average molecular weight is 325 g/mol. The van der Waals surface area contributed by atoms with Gasteiger partial charge in [0.05, 0.1) is 4.90 Å². The Balaban J connectivity index is 2.31. The van der Waals surface area contributed by atoms with Gasteiger partial charge in [0.1, 0.15) is 0 Å². The van der Waals surface area contributed by atoms with E-state index in [1.165, 1.54) is 10.4 Å². The fourth-order valence-electron chi connectivity index (χ4n) is 2.55. The molecule has 7 heteroatoms. The van der Waals surface area contributed by atoms with Crippen LogP contribution in [0.4, 0.5) is 0 Å². The second-order valence-corrected chi connectivity index (χ2v) is 7.40. The first-order chi connectivity index (χ1) is 10.5. The monoisotopic (exact) mass is 325 g/mol. The van der Waals surface area contributed by atoms with E-state index in [1.54, 1.807) is 19.1 Å². The number of piperidine rings is 1. The number of carbonyl (C=O) groups is 1. The van der Waals surface area contributed by atoms with E-state index >= 15 is 0 Å². The molecule has 0 spiro atoms. The van der Waals surface area contributed by atoms with Gasteiger partial charge in [-0.1, -0.05) is 12.5 Å². The fraction of sp³-hybridized carbons (Fsp3) is 0.533. The zero-order valence-corrected chi connectivity index (χ0v) is 13.7. The van der Waals surface area contributed by atoms with Crippen LogP contribution in [-0.2, 0) is 10.0 Å². The molecular formula is C15H23N3O3S. The van der Waals surface area contributed by atoms with Gasteiger partial charge in [-0.2, -0.15) is 4.31 Å². The summed E-state index contributed by atoms with van der Waals surface area (Å²) in [7, 11) is -3.54. The van der Waals surface area contributed by atoms with Crippen LogP contribution in [0.3, 0.4) is 0 Å². The Labute approximate surface area is 131 Å². The van der Waals surface area contributed by atoms with Crippen molar-refractivity contribution >= 4 is 15.9 Å². The van der Waals surface area contributed by atoms with Gasteiger partial charge >= 0.3 is 0 Å². The Morgan fingerprint density at radius 2 is 1.95 bits per heavy atom. The molecule has 1 fully saturated rings. The molecule has 1 aromatic rings. The van der Waals surface area contributed by atoms with Gasteiger partial charge in [-0.25, -0.2) is 8.42 Å². The third kappa shape index (κ3) is 3.66. The highest BCUT2D eigenvalue weighted by Gasteiger charge is 2.28. The Kier molecular flexibility index (Phi) is 5.55. The normalized spacial score (nSPS) is 16.5. The van der Waals surface area contributed by atoms with Crippen LogP contribution in [-0.4, -0.2) is 44.8 Å². The smallest absolute Gasteiger partial charge is 0.251 e. The average Bonchev–Trinajstić information content (AvgIpc) is 2.53. The summed E-state index contributed by atoms with van der Waals surface area (Å²) >= 11 is 0. The van der Waals surface area contributed by atoms with Crippen molar-refractivity contribution in [3.05, 3.63) is 29.3 Å². The number of hydrogen-bond acceptors (Lipinski definition) is 4. The minimum Gasteiger partial charge on any atom is -0.351 e. The van der Waals surface area contributed by atoms with Gasteiger partial charge in [-0.05, 0) is 37.5 Å². The maximum atomic E-state index is 12.8. The van der Waals surface area contributed by atoms with Crippen LogP contribution in [0.5, 0.6) is 0 Å². The second kappa shape index (κ2) is 7.21. The van der Waals surface area contributed by atoms with Gasteiger partial charge in [0.25, 0.3) is 5.91 Å². The van der Waals surface area contributed by atoms with Crippen molar-refractivity contribution in [3.63, 3.8) is 0 Å². The van der Waals surface area contributed by atoms with Crippen molar-refractivity contribution in [2.24, 2.45) is 5.73 Å². The molecule has 0 atom stereocenters. The number of benzene rings is 1. The molecule has 1 aromatic carbocycles. The molecule has 1 aliphatic heterocycles. The van der Waals surface area contributed by atoms with Crippen LogP contribution in [0.15, 0.2) is 23.1 Å². The molecule has 6 nitrogen and oxygen atoms in total. The van der Waals surface area contributed by atoms with Crippen LogP contribution < -0.4 is 11.1 Å². The Morgan fingerprint density at radius 1 is 1.27 bits per heavy atom. The number of amides is 1. The van der Waals surface area contributed by atoms with Crippen molar-refractivity contribution in [2.75, 3.05) is 26.2 Å². The first kappa shape index (κ1) is 16.9. The third-order valence-electron chi connectivity index (χ3n) is 3.81. The zero-order valence-electron chi connectivity index (χ0n) is 12.8. The van der Waals surface area contributed by atoms with Crippen molar-refractivity contribution < 1.29 is 13.2 Å². The molecule has 0 radical (unpaired) electrons. The number of aryl methyl sites for hydroxylation is 1. The van der Waals surface area contributed by atoms with Crippen LogP contribution >= 0.6 is 0 Å². The molecule has 1 saturated heterocycles. The standard InChI is InChI=1S/C15H23N3O3S/c1-12-5-6-13(15(19)17-8-7-16)11-14(12)22(20,21)18-9-3-2-4-10-18/h5-6,11H,2-4,7-10,16H2,1H3,(H,17,19). The van der Waals surface area contributed by atoms with Gasteiger partial charge in [0, 0.05) is 31.7 Å². The molecule has 0 unspecified atom stereocenters. The lowest BCUT2D eigenvalue weighted by atomic mass is 10.1. The Morgan fingerprint density at radius 3 is 2.59 bits per heavy atom. The molecule has 122 valence electrons. The van der Waals surface area contributed by atoms with Crippen molar-refractivity contribution in [1.29, 1.82) is 0 Å². The van der Waals surface area contributed by atoms with Crippen molar-refractivity contribution in [3.8, 4) is 0 Å². The molecule has 22 heavy (non-hydrogen) atoms. The minimum atomic E-state index is -3.54. The van der Waals surface area contributed by atoms with Gasteiger partial charge in [-0.3, -0.25) is 4.79 Å². The summed E-state index contributed by atoms with van der Waals surface area (Å²) in [5.41, 5.74) is 6.35. The lowest BCUT2D eigenvalue weighted by Crippen LogP contribution is -2.36.